The Labute approximate surface area is 79.0 Å². The van der Waals surface area contributed by atoms with Crippen molar-refractivity contribution in [1.29, 1.82) is 0 Å². The molecule has 0 radical (unpaired) electrons. The number of halogens is 3. The van der Waals surface area contributed by atoms with Gasteiger partial charge in [-0.25, -0.2) is 13.2 Å². The lowest BCUT2D eigenvalue weighted by Gasteiger charge is -2.02. The lowest BCUT2D eigenvalue weighted by Crippen LogP contribution is -1.85. The van der Waals surface area contributed by atoms with Crippen molar-refractivity contribution in [3.8, 4) is 0 Å². The Bertz CT molecular complexity index is 463. The van der Waals surface area contributed by atoms with Crippen molar-refractivity contribution in [2.24, 2.45) is 0 Å². The Hall–Kier alpha value is -1.51. The van der Waals surface area contributed by atoms with Crippen molar-refractivity contribution in [2.45, 2.75) is 6.43 Å². The molecule has 0 amide bonds. The first-order valence-corrected chi connectivity index (χ1v) is 4.15. The molecule has 0 aliphatic rings. The van der Waals surface area contributed by atoms with E-state index < -0.39 is 12.2 Å². The van der Waals surface area contributed by atoms with Crippen LogP contribution < -0.4 is 0 Å². The van der Waals surface area contributed by atoms with E-state index in [1.165, 1.54) is 24.3 Å². The summed E-state index contributed by atoms with van der Waals surface area (Å²) in [5, 5.41) is 0.875. The van der Waals surface area contributed by atoms with E-state index in [1.54, 1.807) is 12.1 Å². The standard InChI is InChI=1S/C11H7F3/c12-10-3-1-2-7-4-5-8(11(13)14)6-9(7)10/h1-6,11H. The van der Waals surface area contributed by atoms with Crippen LogP contribution in [0.25, 0.3) is 10.8 Å². The van der Waals surface area contributed by atoms with Crippen LogP contribution >= 0.6 is 0 Å². The highest BCUT2D eigenvalue weighted by Crippen LogP contribution is 2.25. The van der Waals surface area contributed by atoms with Crippen LogP contribution in [0.5, 0.6) is 0 Å². The zero-order valence-corrected chi connectivity index (χ0v) is 7.18. The number of hydrogen-bond donors (Lipinski definition) is 0. The molecule has 0 aliphatic heterocycles. The predicted molar refractivity (Wildman–Crippen MR) is 48.9 cm³/mol. The van der Waals surface area contributed by atoms with Gasteiger partial charge in [-0.15, -0.1) is 0 Å². The van der Waals surface area contributed by atoms with Crippen molar-refractivity contribution in [3.05, 3.63) is 47.8 Å². The van der Waals surface area contributed by atoms with E-state index in [0.29, 0.717) is 5.39 Å². The zero-order chi connectivity index (χ0) is 10.1. The predicted octanol–water partition coefficient (Wildman–Crippen LogP) is 3.92. The summed E-state index contributed by atoms with van der Waals surface area (Å²) in [4.78, 5) is 0. The molecule has 2 rings (SSSR count). The highest BCUT2D eigenvalue weighted by atomic mass is 19.3. The quantitative estimate of drug-likeness (QED) is 0.648. The van der Waals surface area contributed by atoms with Gasteiger partial charge in [-0.2, -0.15) is 0 Å². The largest absolute Gasteiger partial charge is 0.263 e. The molecule has 72 valence electrons. The molecule has 0 aromatic heterocycles. The normalized spacial score (nSPS) is 11.1. The molecule has 2 aromatic rings. The summed E-state index contributed by atoms with van der Waals surface area (Å²) in [6, 6.07) is 8.51. The molecule has 0 heterocycles. The maximum atomic E-state index is 13.2. The van der Waals surface area contributed by atoms with Crippen molar-refractivity contribution in [3.63, 3.8) is 0 Å². The molecule has 0 saturated carbocycles. The Morgan fingerprint density at radius 3 is 2.50 bits per heavy atom. The number of fused-ring (bicyclic) bond motifs is 1. The average Bonchev–Trinajstić information content (AvgIpc) is 2.18. The highest BCUT2D eigenvalue weighted by molar-refractivity contribution is 5.83. The molecule has 3 heteroatoms. The van der Waals surface area contributed by atoms with E-state index >= 15 is 0 Å². The molecule has 0 nitrogen and oxygen atoms in total. The van der Waals surface area contributed by atoms with Gasteiger partial charge in [0, 0.05) is 10.9 Å². The van der Waals surface area contributed by atoms with E-state index in [0.717, 1.165) is 0 Å². The minimum absolute atomic E-state index is 0.150. The van der Waals surface area contributed by atoms with Gasteiger partial charge >= 0.3 is 0 Å². The maximum absolute atomic E-state index is 13.2. The van der Waals surface area contributed by atoms with E-state index in [2.05, 4.69) is 0 Å². The second-order valence-electron chi connectivity index (χ2n) is 3.02. The summed E-state index contributed by atoms with van der Waals surface area (Å²) in [7, 11) is 0. The second-order valence-corrected chi connectivity index (χ2v) is 3.02. The molecular formula is C11H7F3. The molecule has 14 heavy (non-hydrogen) atoms. The Morgan fingerprint density at radius 2 is 1.79 bits per heavy atom. The molecule has 0 saturated heterocycles. The van der Waals surface area contributed by atoms with Crippen molar-refractivity contribution < 1.29 is 13.2 Å². The van der Waals surface area contributed by atoms with E-state index in [4.69, 9.17) is 0 Å². The van der Waals surface area contributed by atoms with Gasteiger partial charge in [-0.1, -0.05) is 24.3 Å². The van der Waals surface area contributed by atoms with Crippen LogP contribution in [-0.4, -0.2) is 0 Å². The van der Waals surface area contributed by atoms with Gasteiger partial charge in [0.1, 0.15) is 5.82 Å². The summed E-state index contributed by atoms with van der Waals surface area (Å²) >= 11 is 0. The lowest BCUT2D eigenvalue weighted by atomic mass is 10.1. The van der Waals surface area contributed by atoms with E-state index in [9.17, 15) is 13.2 Å². The zero-order valence-electron chi connectivity index (χ0n) is 7.18. The third-order valence-electron chi connectivity index (χ3n) is 2.10. The summed E-state index contributed by atoms with van der Waals surface area (Å²) in [6.45, 7) is 0. The number of alkyl halides is 2. The fourth-order valence-corrected chi connectivity index (χ4v) is 1.39. The minimum Gasteiger partial charge on any atom is -0.206 e. The second kappa shape index (κ2) is 3.33. The Morgan fingerprint density at radius 1 is 1.00 bits per heavy atom. The van der Waals surface area contributed by atoms with Crippen molar-refractivity contribution in [2.75, 3.05) is 0 Å². The van der Waals surface area contributed by atoms with Crippen molar-refractivity contribution >= 4 is 10.8 Å². The molecule has 0 unspecified atom stereocenters. The van der Waals surface area contributed by atoms with Crippen molar-refractivity contribution in [1.82, 2.24) is 0 Å². The molecular weight excluding hydrogens is 189 g/mol. The molecule has 0 bridgehead atoms. The third-order valence-corrected chi connectivity index (χ3v) is 2.10. The number of hydrogen-bond acceptors (Lipinski definition) is 0. The van der Waals surface area contributed by atoms with E-state index in [-0.39, 0.29) is 10.9 Å². The third kappa shape index (κ3) is 1.45. The smallest absolute Gasteiger partial charge is 0.206 e. The fraction of sp³-hybridized carbons (Fsp3) is 0.0909. The van der Waals surface area contributed by atoms with Crippen LogP contribution in [-0.2, 0) is 0 Å². The van der Waals surface area contributed by atoms with Gasteiger partial charge < -0.3 is 0 Å². The minimum atomic E-state index is -2.56. The van der Waals surface area contributed by atoms with Gasteiger partial charge in [-0.3, -0.25) is 0 Å². The molecule has 2 aromatic carbocycles. The van der Waals surface area contributed by atoms with Crippen LogP contribution in [0.2, 0.25) is 0 Å². The summed E-state index contributed by atoms with van der Waals surface area (Å²) in [6.07, 6.45) is -2.56. The number of benzene rings is 2. The van der Waals surface area contributed by atoms with Gasteiger partial charge in [0.25, 0.3) is 6.43 Å². The van der Waals surface area contributed by atoms with Gasteiger partial charge in [0.15, 0.2) is 0 Å². The van der Waals surface area contributed by atoms with Crippen LogP contribution in [0, 0.1) is 5.82 Å². The molecule has 0 aliphatic carbocycles. The first-order valence-electron chi connectivity index (χ1n) is 4.15. The fourth-order valence-electron chi connectivity index (χ4n) is 1.39. The summed E-state index contributed by atoms with van der Waals surface area (Å²) < 4.78 is 37.8. The van der Waals surface area contributed by atoms with Crippen LogP contribution in [0.1, 0.15) is 12.0 Å². The summed E-state index contributed by atoms with van der Waals surface area (Å²) in [5.74, 6) is -0.468. The molecule has 0 N–H and O–H groups in total. The summed E-state index contributed by atoms with van der Waals surface area (Å²) in [5.41, 5.74) is -0.150. The first-order chi connectivity index (χ1) is 6.68. The highest BCUT2D eigenvalue weighted by Gasteiger charge is 2.08. The SMILES string of the molecule is Fc1cccc2ccc(C(F)F)cc12. The maximum Gasteiger partial charge on any atom is 0.263 e. The monoisotopic (exact) mass is 196 g/mol. The van der Waals surface area contributed by atoms with Gasteiger partial charge in [0.2, 0.25) is 0 Å². The van der Waals surface area contributed by atoms with Crippen LogP contribution in [0.4, 0.5) is 13.2 Å². The van der Waals surface area contributed by atoms with Crippen LogP contribution in [0.15, 0.2) is 36.4 Å². The molecule has 0 fully saturated rings. The average molecular weight is 196 g/mol. The van der Waals surface area contributed by atoms with Crippen LogP contribution in [0.3, 0.4) is 0 Å². The topological polar surface area (TPSA) is 0 Å². The van der Waals surface area contributed by atoms with Gasteiger partial charge in [0.05, 0.1) is 0 Å². The Balaban J connectivity index is 2.70. The Kier molecular flexibility index (Phi) is 2.15. The number of rotatable bonds is 1. The van der Waals surface area contributed by atoms with Gasteiger partial charge in [-0.05, 0) is 17.5 Å². The first kappa shape index (κ1) is 9.06. The molecule has 0 spiro atoms. The lowest BCUT2D eigenvalue weighted by molar-refractivity contribution is 0.151. The molecule has 0 atom stereocenters. The van der Waals surface area contributed by atoms with E-state index in [1.807, 2.05) is 0 Å².